The molecule has 0 saturated heterocycles. The molecular weight excluding hydrogens is 256 g/mol. The predicted octanol–water partition coefficient (Wildman–Crippen LogP) is 4.46. The highest BCUT2D eigenvalue weighted by atomic mass is 35.5. The van der Waals surface area contributed by atoms with Crippen LogP contribution in [0.4, 0.5) is 5.69 Å². The molecule has 2 nitrogen and oxygen atoms in total. The van der Waals surface area contributed by atoms with Crippen molar-refractivity contribution in [3.8, 4) is 0 Å². The molecule has 19 heavy (non-hydrogen) atoms. The molecule has 0 amide bonds. The van der Waals surface area contributed by atoms with Crippen LogP contribution in [0.3, 0.4) is 0 Å². The second kappa shape index (κ2) is 8.44. The van der Waals surface area contributed by atoms with E-state index in [0.717, 1.165) is 43.1 Å². The zero-order valence-electron chi connectivity index (χ0n) is 12.7. The van der Waals surface area contributed by atoms with E-state index in [1.807, 2.05) is 0 Å². The van der Waals surface area contributed by atoms with E-state index >= 15 is 0 Å². The molecule has 0 atom stereocenters. The van der Waals surface area contributed by atoms with Crippen molar-refractivity contribution < 1.29 is 0 Å². The second-order valence-corrected chi connectivity index (χ2v) is 5.45. The lowest BCUT2D eigenvalue weighted by molar-refractivity contribution is 0.591. The molecule has 0 aromatic heterocycles. The van der Waals surface area contributed by atoms with Crippen molar-refractivity contribution in [3.63, 3.8) is 0 Å². The van der Waals surface area contributed by atoms with Gasteiger partial charge in [-0.3, -0.25) is 0 Å². The van der Waals surface area contributed by atoms with Crippen LogP contribution in [0.5, 0.6) is 0 Å². The number of hydrogen-bond donors (Lipinski definition) is 1. The fraction of sp³-hybridized carbons (Fsp3) is 0.625. The smallest absolute Gasteiger partial charge is 0.0642 e. The third-order valence-electron chi connectivity index (χ3n) is 3.64. The molecule has 108 valence electrons. The first-order chi connectivity index (χ1) is 9.13. The first kappa shape index (κ1) is 16.3. The van der Waals surface area contributed by atoms with E-state index < -0.39 is 0 Å². The third kappa shape index (κ3) is 4.70. The fourth-order valence-corrected chi connectivity index (χ4v) is 2.73. The Morgan fingerprint density at radius 2 is 1.89 bits per heavy atom. The van der Waals surface area contributed by atoms with E-state index in [1.54, 1.807) is 0 Å². The fourth-order valence-electron chi connectivity index (χ4n) is 2.39. The van der Waals surface area contributed by atoms with Crippen LogP contribution in [0.2, 0.25) is 5.02 Å². The Kier molecular flexibility index (Phi) is 7.25. The van der Waals surface area contributed by atoms with Crippen LogP contribution < -0.4 is 10.2 Å². The van der Waals surface area contributed by atoms with E-state index in [-0.39, 0.29) is 0 Å². The molecular formula is C16H27ClN2. The van der Waals surface area contributed by atoms with Gasteiger partial charge in [0.25, 0.3) is 0 Å². The predicted molar refractivity (Wildman–Crippen MR) is 86.2 cm³/mol. The van der Waals surface area contributed by atoms with Crippen molar-refractivity contribution in [2.45, 2.75) is 52.6 Å². The maximum atomic E-state index is 6.43. The number of rotatable bonds is 8. The minimum Gasteiger partial charge on any atom is -0.370 e. The molecule has 0 aliphatic rings. The lowest BCUT2D eigenvalue weighted by Gasteiger charge is -2.29. The van der Waals surface area contributed by atoms with Gasteiger partial charge < -0.3 is 10.2 Å². The summed E-state index contributed by atoms with van der Waals surface area (Å²) in [5.41, 5.74) is 2.38. The Morgan fingerprint density at radius 3 is 2.42 bits per heavy atom. The van der Waals surface area contributed by atoms with Crippen LogP contribution in [-0.2, 0) is 6.54 Å². The summed E-state index contributed by atoms with van der Waals surface area (Å²) >= 11 is 6.43. The molecule has 1 aromatic rings. The molecule has 0 saturated carbocycles. The largest absolute Gasteiger partial charge is 0.370 e. The van der Waals surface area contributed by atoms with Crippen molar-refractivity contribution in [3.05, 3.63) is 28.8 Å². The van der Waals surface area contributed by atoms with Gasteiger partial charge in [0, 0.05) is 19.6 Å². The molecule has 0 radical (unpaired) electrons. The van der Waals surface area contributed by atoms with Gasteiger partial charge in [0.1, 0.15) is 0 Å². The van der Waals surface area contributed by atoms with Crippen molar-refractivity contribution in [2.75, 3.05) is 18.5 Å². The van der Waals surface area contributed by atoms with E-state index in [1.165, 1.54) is 5.56 Å². The first-order valence-electron chi connectivity index (χ1n) is 7.35. The second-order valence-electron chi connectivity index (χ2n) is 5.04. The summed E-state index contributed by atoms with van der Waals surface area (Å²) < 4.78 is 0. The van der Waals surface area contributed by atoms with E-state index in [2.05, 4.69) is 56.2 Å². The van der Waals surface area contributed by atoms with Gasteiger partial charge in [-0.15, -0.1) is 0 Å². The van der Waals surface area contributed by atoms with Gasteiger partial charge in [-0.1, -0.05) is 38.4 Å². The Bertz CT molecular complexity index is 375. The summed E-state index contributed by atoms with van der Waals surface area (Å²) in [5.74, 6) is 0. The maximum Gasteiger partial charge on any atom is 0.0642 e. The lowest BCUT2D eigenvalue weighted by atomic mass is 10.1. The molecule has 0 aliphatic carbocycles. The topological polar surface area (TPSA) is 15.3 Å². The monoisotopic (exact) mass is 282 g/mol. The van der Waals surface area contributed by atoms with Crippen molar-refractivity contribution >= 4 is 17.3 Å². The summed E-state index contributed by atoms with van der Waals surface area (Å²) in [6, 6.07) is 6.95. The first-order valence-corrected chi connectivity index (χ1v) is 7.73. The molecule has 1 rings (SSSR count). The highest BCUT2D eigenvalue weighted by Gasteiger charge is 2.14. The molecule has 1 aromatic carbocycles. The average Bonchev–Trinajstić information content (AvgIpc) is 2.40. The molecule has 0 bridgehead atoms. The highest BCUT2D eigenvalue weighted by Crippen LogP contribution is 2.28. The number of nitrogens with one attached hydrogen (secondary N) is 1. The van der Waals surface area contributed by atoms with E-state index in [9.17, 15) is 0 Å². The third-order valence-corrected chi connectivity index (χ3v) is 3.94. The molecule has 0 heterocycles. The zero-order chi connectivity index (χ0) is 14.3. The normalized spacial score (nSPS) is 11.1. The van der Waals surface area contributed by atoms with E-state index in [4.69, 9.17) is 11.6 Å². The summed E-state index contributed by atoms with van der Waals surface area (Å²) in [7, 11) is 2.13. The minimum atomic E-state index is 0.557. The van der Waals surface area contributed by atoms with Gasteiger partial charge in [-0.25, -0.2) is 0 Å². The Balaban J connectivity index is 2.76. The van der Waals surface area contributed by atoms with Crippen LogP contribution in [0.1, 0.15) is 45.6 Å². The number of hydrogen-bond acceptors (Lipinski definition) is 2. The minimum absolute atomic E-state index is 0.557. The van der Waals surface area contributed by atoms with Gasteiger partial charge >= 0.3 is 0 Å². The van der Waals surface area contributed by atoms with Gasteiger partial charge in [0.05, 0.1) is 10.7 Å². The SMILES string of the molecule is CCCNCc1ccc(N(C)C(CC)CC)c(Cl)c1. The molecule has 1 N–H and O–H groups in total. The number of halogens is 1. The highest BCUT2D eigenvalue weighted by molar-refractivity contribution is 6.33. The summed E-state index contributed by atoms with van der Waals surface area (Å²) in [4.78, 5) is 2.30. The summed E-state index contributed by atoms with van der Waals surface area (Å²) in [6.07, 6.45) is 3.44. The number of benzene rings is 1. The number of anilines is 1. The lowest BCUT2D eigenvalue weighted by Crippen LogP contribution is -2.30. The molecule has 3 heteroatoms. The van der Waals surface area contributed by atoms with Crippen molar-refractivity contribution in [1.29, 1.82) is 0 Å². The summed E-state index contributed by atoms with van der Waals surface area (Å²) in [6.45, 7) is 8.56. The van der Waals surface area contributed by atoms with E-state index in [0.29, 0.717) is 6.04 Å². The quantitative estimate of drug-likeness (QED) is 0.708. The van der Waals surface area contributed by atoms with Gasteiger partial charge in [-0.2, -0.15) is 0 Å². The number of nitrogens with zero attached hydrogens (tertiary/aromatic N) is 1. The van der Waals surface area contributed by atoms with Crippen LogP contribution in [-0.4, -0.2) is 19.6 Å². The average molecular weight is 283 g/mol. The van der Waals surface area contributed by atoms with Crippen LogP contribution in [0, 0.1) is 0 Å². The Morgan fingerprint density at radius 1 is 1.21 bits per heavy atom. The Labute approximate surface area is 123 Å². The van der Waals surface area contributed by atoms with Gasteiger partial charge in [0.2, 0.25) is 0 Å². The molecule has 0 spiro atoms. The van der Waals surface area contributed by atoms with Crippen molar-refractivity contribution in [1.82, 2.24) is 5.32 Å². The standard InChI is InChI=1S/C16H27ClN2/c1-5-10-18-12-13-8-9-16(15(17)11-13)19(4)14(6-2)7-3/h8-9,11,14,18H,5-7,10,12H2,1-4H3. The molecule has 0 aliphatic heterocycles. The maximum absolute atomic E-state index is 6.43. The van der Waals surface area contributed by atoms with Gasteiger partial charge in [-0.05, 0) is 43.5 Å². The van der Waals surface area contributed by atoms with Crippen LogP contribution >= 0.6 is 11.6 Å². The summed E-state index contributed by atoms with van der Waals surface area (Å²) in [5, 5.41) is 4.25. The molecule has 0 fully saturated rings. The van der Waals surface area contributed by atoms with Crippen molar-refractivity contribution in [2.24, 2.45) is 0 Å². The van der Waals surface area contributed by atoms with Crippen LogP contribution in [0.25, 0.3) is 0 Å². The van der Waals surface area contributed by atoms with Crippen LogP contribution in [0.15, 0.2) is 18.2 Å². The zero-order valence-corrected chi connectivity index (χ0v) is 13.4. The van der Waals surface area contributed by atoms with Gasteiger partial charge in [0.15, 0.2) is 0 Å². The molecule has 0 unspecified atom stereocenters. The Hall–Kier alpha value is -0.730.